The van der Waals surface area contributed by atoms with Gasteiger partial charge in [0, 0.05) is 25.2 Å². The summed E-state index contributed by atoms with van der Waals surface area (Å²) in [6.45, 7) is 1.07. The van der Waals surface area contributed by atoms with Crippen LogP contribution in [0.3, 0.4) is 0 Å². The van der Waals surface area contributed by atoms with Crippen molar-refractivity contribution in [3.05, 3.63) is 33.9 Å². The molecular weight excluding hydrogens is 274 g/mol. The summed E-state index contributed by atoms with van der Waals surface area (Å²) in [5.41, 5.74) is 5.97. The van der Waals surface area contributed by atoms with Crippen molar-refractivity contribution < 1.29 is 14.5 Å². The van der Waals surface area contributed by atoms with Crippen LogP contribution in [0.25, 0.3) is 0 Å². The third kappa shape index (κ3) is 3.13. The summed E-state index contributed by atoms with van der Waals surface area (Å²) in [4.78, 5) is 24.7. The van der Waals surface area contributed by atoms with Crippen molar-refractivity contribution in [1.29, 1.82) is 0 Å². The molecule has 0 aliphatic carbocycles. The second kappa shape index (κ2) is 6.53. The predicted molar refractivity (Wildman–Crippen MR) is 77.4 cm³/mol. The third-order valence-corrected chi connectivity index (χ3v) is 3.79. The van der Waals surface area contributed by atoms with E-state index < -0.39 is 4.92 Å². The molecule has 1 unspecified atom stereocenters. The zero-order valence-electron chi connectivity index (χ0n) is 11.9. The molecule has 1 amide bonds. The van der Waals surface area contributed by atoms with E-state index in [1.807, 2.05) is 0 Å². The van der Waals surface area contributed by atoms with Crippen molar-refractivity contribution in [2.24, 2.45) is 5.73 Å². The number of piperidine rings is 1. The van der Waals surface area contributed by atoms with Gasteiger partial charge < -0.3 is 15.4 Å². The lowest BCUT2D eigenvalue weighted by Gasteiger charge is -2.35. The number of benzene rings is 1. The number of nitro groups is 1. The van der Waals surface area contributed by atoms with E-state index >= 15 is 0 Å². The van der Waals surface area contributed by atoms with Gasteiger partial charge in [-0.05, 0) is 25.3 Å². The fraction of sp³-hybridized carbons (Fsp3) is 0.500. The smallest absolute Gasteiger partial charge is 0.273 e. The van der Waals surface area contributed by atoms with Crippen LogP contribution in [0.4, 0.5) is 5.69 Å². The van der Waals surface area contributed by atoms with E-state index in [1.165, 1.54) is 25.3 Å². The Morgan fingerprint density at radius 3 is 2.90 bits per heavy atom. The summed E-state index contributed by atoms with van der Waals surface area (Å²) in [5.74, 6) is 0.0347. The van der Waals surface area contributed by atoms with Gasteiger partial charge in [0.15, 0.2) is 0 Å². The molecule has 7 heteroatoms. The van der Waals surface area contributed by atoms with Crippen LogP contribution in [0.2, 0.25) is 0 Å². The minimum absolute atomic E-state index is 0.0196. The van der Waals surface area contributed by atoms with Crippen LogP contribution in [-0.2, 0) is 0 Å². The molecule has 0 saturated carbocycles. The van der Waals surface area contributed by atoms with Crippen LogP contribution in [0.15, 0.2) is 18.2 Å². The number of ether oxygens (including phenoxy) is 1. The first-order valence-corrected chi connectivity index (χ1v) is 6.92. The lowest BCUT2D eigenvalue weighted by atomic mass is 10.0. The SMILES string of the molecule is COc1cc([N+](=O)[O-])ccc1C(=O)N1CCCCC1CN. The molecule has 1 fully saturated rings. The Labute approximate surface area is 122 Å². The first-order chi connectivity index (χ1) is 10.1. The summed E-state index contributed by atoms with van der Waals surface area (Å²) >= 11 is 0. The fourth-order valence-electron chi connectivity index (χ4n) is 2.64. The van der Waals surface area contributed by atoms with E-state index in [0.717, 1.165) is 19.3 Å². The van der Waals surface area contributed by atoms with Gasteiger partial charge in [0.25, 0.3) is 11.6 Å². The molecule has 1 saturated heterocycles. The van der Waals surface area contributed by atoms with E-state index in [0.29, 0.717) is 18.7 Å². The van der Waals surface area contributed by atoms with Gasteiger partial charge in [0.2, 0.25) is 0 Å². The minimum atomic E-state index is -0.514. The highest BCUT2D eigenvalue weighted by Gasteiger charge is 2.28. The maximum atomic E-state index is 12.7. The second-order valence-corrected chi connectivity index (χ2v) is 5.03. The second-order valence-electron chi connectivity index (χ2n) is 5.03. The quantitative estimate of drug-likeness (QED) is 0.671. The standard InChI is InChI=1S/C14H19N3O4/c1-21-13-8-10(17(19)20)5-6-12(13)14(18)16-7-3-2-4-11(16)9-15/h5-6,8,11H,2-4,7,9,15H2,1H3. The van der Waals surface area contributed by atoms with Crippen LogP contribution in [0, 0.1) is 10.1 Å². The highest BCUT2D eigenvalue weighted by molar-refractivity contribution is 5.97. The minimum Gasteiger partial charge on any atom is -0.496 e. The molecule has 2 rings (SSSR count). The highest BCUT2D eigenvalue weighted by atomic mass is 16.6. The average molecular weight is 293 g/mol. The van der Waals surface area contributed by atoms with E-state index in [-0.39, 0.29) is 23.4 Å². The number of likely N-dealkylation sites (tertiary alicyclic amines) is 1. The summed E-state index contributed by atoms with van der Waals surface area (Å²) in [7, 11) is 1.40. The molecule has 21 heavy (non-hydrogen) atoms. The van der Waals surface area contributed by atoms with Crippen LogP contribution in [-0.4, -0.2) is 42.0 Å². The zero-order valence-corrected chi connectivity index (χ0v) is 11.9. The van der Waals surface area contributed by atoms with Gasteiger partial charge in [-0.3, -0.25) is 14.9 Å². The number of nitrogens with zero attached hydrogens (tertiary/aromatic N) is 2. The molecule has 1 aliphatic heterocycles. The number of methoxy groups -OCH3 is 1. The molecule has 2 N–H and O–H groups in total. The molecule has 0 radical (unpaired) electrons. The summed E-state index contributed by atoms with van der Waals surface area (Å²) < 4.78 is 5.13. The molecule has 1 aromatic carbocycles. The van der Waals surface area contributed by atoms with Crippen LogP contribution in [0.5, 0.6) is 5.75 Å². The molecule has 1 atom stereocenters. The number of non-ortho nitro benzene ring substituents is 1. The molecule has 0 aromatic heterocycles. The molecule has 7 nitrogen and oxygen atoms in total. The molecule has 114 valence electrons. The number of rotatable bonds is 4. The van der Waals surface area contributed by atoms with Gasteiger partial charge in [-0.1, -0.05) is 0 Å². The number of carbonyl (C=O) groups excluding carboxylic acids is 1. The van der Waals surface area contributed by atoms with Crippen molar-refractivity contribution in [3.8, 4) is 5.75 Å². The summed E-state index contributed by atoms with van der Waals surface area (Å²) in [5, 5.41) is 10.8. The Morgan fingerprint density at radius 1 is 1.52 bits per heavy atom. The number of hydrogen-bond acceptors (Lipinski definition) is 5. The summed E-state index contributed by atoms with van der Waals surface area (Å²) in [6, 6.07) is 4.05. The topological polar surface area (TPSA) is 98.7 Å². The van der Waals surface area contributed by atoms with Crippen molar-refractivity contribution >= 4 is 11.6 Å². The lowest BCUT2D eigenvalue weighted by molar-refractivity contribution is -0.384. The summed E-state index contributed by atoms with van der Waals surface area (Å²) in [6.07, 6.45) is 2.89. The van der Waals surface area contributed by atoms with Gasteiger partial charge in [0.1, 0.15) is 5.75 Å². The zero-order chi connectivity index (χ0) is 15.4. The maximum Gasteiger partial charge on any atom is 0.273 e. The first kappa shape index (κ1) is 15.2. The Hall–Kier alpha value is -2.15. The molecule has 0 spiro atoms. The normalized spacial score (nSPS) is 18.4. The molecular formula is C14H19N3O4. The van der Waals surface area contributed by atoms with Gasteiger partial charge in [-0.25, -0.2) is 0 Å². The number of nitro benzene ring substituents is 1. The van der Waals surface area contributed by atoms with E-state index in [9.17, 15) is 14.9 Å². The lowest BCUT2D eigenvalue weighted by Crippen LogP contribution is -2.47. The molecule has 0 bridgehead atoms. The Morgan fingerprint density at radius 2 is 2.29 bits per heavy atom. The van der Waals surface area contributed by atoms with Crippen molar-refractivity contribution in [1.82, 2.24) is 4.90 Å². The third-order valence-electron chi connectivity index (χ3n) is 3.79. The van der Waals surface area contributed by atoms with Crippen LogP contribution in [0.1, 0.15) is 29.6 Å². The van der Waals surface area contributed by atoms with Crippen molar-refractivity contribution in [2.45, 2.75) is 25.3 Å². The van der Waals surface area contributed by atoms with Crippen molar-refractivity contribution in [2.75, 3.05) is 20.2 Å². The number of hydrogen-bond donors (Lipinski definition) is 1. The number of amides is 1. The molecule has 1 aromatic rings. The van der Waals surface area contributed by atoms with E-state index in [4.69, 9.17) is 10.5 Å². The Kier molecular flexibility index (Phi) is 4.74. The largest absolute Gasteiger partial charge is 0.496 e. The van der Waals surface area contributed by atoms with Crippen molar-refractivity contribution in [3.63, 3.8) is 0 Å². The average Bonchev–Trinajstić information content (AvgIpc) is 2.53. The van der Waals surface area contributed by atoms with Gasteiger partial charge in [-0.15, -0.1) is 0 Å². The van der Waals surface area contributed by atoms with E-state index in [2.05, 4.69) is 0 Å². The van der Waals surface area contributed by atoms with Gasteiger partial charge in [0.05, 0.1) is 23.7 Å². The highest BCUT2D eigenvalue weighted by Crippen LogP contribution is 2.28. The maximum absolute atomic E-state index is 12.7. The Bertz CT molecular complexity index is 547. The first-order valence-electron chi connectivity index (χ1n) is 6.92. The van der Waals surface area contributed by atoms with Crippen LogP contribution < -0.4 is 10.5 Å². The van der Waals surface area contributed by atoms with Crippen LogP contribution >= 0.6 is 0 Å². The number of nitrogens with two attached hydrogens (primary N) is 1. The van der Waals surface area contributed by atoms with Gasteiger partial charge >= 0.3 is 0 Å². The Balaban J connectivity index is 2.31. The molecule has 1 aliphatic rings. The number of carbonyl (C=O) groups is 1. The monoisotopic (exact) mass is 293 g/mol. The van der Waals surface area contributed by atoms with Gasteiger partial charge in [-0.2, -0.15) is 0 Å². The van der Waals surface area contributed by atoms with E-state index in [1.54, 1.807) is 4.90 Å². The predicted octanol–water partition coefficient (Wildman–Crippen LogP) is 1.56. The molecule has 1 heterocycles. The fourth-order valence-corrected chi connectivity index (χ4v) is 2.64.